The van der Waals surface area contributed by atoms with Crippen LogP contribution in [0.15, 0.2) is 42.5 Å². The molecule has 7 nitrogen and oxygen atoms in total. The van der Waals surface area contributed by atoms with Crippen LogP contribution in [0.25, 0.3) is 11.0 Å². The van der Waals surface area contributed by atoms with Gasteiger partial charge in [-0.25, -0.2) is 9.59 Å². The van der Waals surface area contributed by atoms with Gasteiger partial charge in [-0.2, -0.15) is 4.98 Å². The molecule has 2 N–H and O–H groups in total. The van der Waals surface area contributed by atoms with Crippen LogP contribution in [-0.2, 0) is 6.54 Å². The van der Waals surface area contributed by atoms with E-state index in [1.807, 2.05) is 6.92 Å². The highest BCUT2D eigenvalue weighted by Gasteiger charge is 2.18. The Morgan fingerprint density at radius 2 is 1.80 bits per heavy atom. The lowest BCUT2D eigenvalue weighted by atomic mass is 10.1. The quantitative estimate of drug-likeness (QED) is 0.715. The smallest absolute Gasteiger partial charge is 0.337 e. The van der Waals surface area contributed by atoms with Gasteiger partial charge in [0.1, 0.15) is 0 Å². The van der Waals surface area contributed by atoms with Crippen molar-refractivity contribution in [3.05, 3.63) is 59.2 Å². The van der Waals surface area contributed by atoms with Crippen LogP contribution in [0.1, 0.15) is 33.2 Å². The minimum Gasteiger partial charge on any atom is -0.478 e. The van der Waals surface area contributed by atoms with Crippen LogP contribution in [0.4, 0.5) is 0 Å². The third-order valence-electron chi connectivity index (χ3n) is 3.78. The van der Waals surface area contributed by atoms with E-state index in [1.165, 1.54) is 18.2 Å². The van der Waals surface area contributed by atoms with E-state index in [2.05, 4.69) is 4.98 Å². The first-order chi connectivity index (χ1) is 12.0. The van der Waals surface area contributed by atoms with Gasteiger partial charge in [-0.1, -0.05) is 18.2 Å². The second-order valence-electron chi connectivity index (χ2n) is 5.39. The van der Waals surface area contributed by atoms with E-state index in [0.29, 0.717) is 30.2 Å². The summed E-state index contributed by atoms with van der Waals surface area (Å²) in [5.41, 5.74) is 2.14. The van der Waals surface area contributed by atoms with Gasteiger partial charge < -0.3 is 14.9 Å². The van der Waals surface area contributed by atoms with Crippen LogP contribution in [-0.4, -0.2) is 38.3 Å². The van der Waals surface area contributed by atoms with Crippen LogP contribution in [0.5, 0.6) is 6.01 Å². The summed E-state index contributed by atoms with van der Waals surface area (Å²) in [7, 11) is 0. The summed E-state index contributed by atoms with van der Waals surface area (Å²) in [6.07, 6.45) is 0. The molecule has 0 radical (unpaired) electrons. The zero-order valence-corrected chi connectivity index (χ0v) is 13.5. The molecule has 0 bridgehead atoms. The van der Waals surface area contributed by atoms with Crippen molar-refractivity contribution in [2.45, 2.75) is 13.5 Å². The number of carboxylic acid groups (broad SMARTS) is 2. The monoisotopic (exact) mass is 340 g/mol. The number of aromatic carboxylic acids is 2. The normalized spacial score (nSPS) is 10.8. The van der Waals surface area contributed by atoms with Crippen molar-refractivity contribution in [1.82, 2.24) is 9.55 Å². The Balaban J connectivity index is 2.10. The number of hydrogen-bond donors (Lipinski definition) is 2. The summed E-state index contributed by atoms with van der Waals surface area (Å²) < 4.78 is 7.25. The SMILES string of the molecule is CCOc1nc2cccc(C(=O)O)c2n1Cc1ccc(C(=O)O)cc1. The van der Waals surface area contributed by atoms with E-state index in [-0.39, 0.29) is 11.1 Å². The number of hydrogen-bond acceptors (Lipinski definition) is 4. The molecule has 0 saturated heterocycles. The van der Waals surface area contributed by atoms with Crippen molar-refractivity contribution in [2.75, 3.05) is 6.61 Å². The van der Waals surface area contributed by atoms with Crippen molar-refractivity contribution in [3.8, 4) is 6.01 Å². The van der Waals surface area contributed by atoms with E-state index < -0.39 is 11.9 Å². The summed E-state index contributed by atoms with van der Waals surface area (Å²) in [5.74, 6) is -2.04. The fourth-order valence-electron chi connectivity index (χ4n) is 2.66. The maximum atomic E-state index is 11.6. The Labute approximate surface area is 143 Å². The fraction of sp³-hybridized carbons (Fsp3) is 0.167. The Bertz CT molecular complexity index is 944. The van der Waals surface area contributed by atoms with E-state index in [9.17, 15) is 14.7 Å². The fourth-order valence-corrected chi connectivity index (χ4v) is 2.66. The molecule has 0 unspecified atom stereocenters. The highest BCUT2D eigenvalue weighted by Crippen LogP contribution is 2.26. The molecule has 0 spiro atoms. The molecule has 0 aliphatic heterocycles. The number of aromatic nitrogens is 2. The van der Waals surface area contributed by atoms with Gasteiger partial charge in [0.15, 0.2) is 0 Å². The zero-order chi connectivity index (χ0) is 18.0. The predicted octanol–water partition coefficient (Wildman–Crippen LogP) is 2.88. The van der Waals surface area contributed by atoms with Crippen LogP contribution < -0.4 is 4.74 Å². The number of fused-ring (bicyclic) bond motifs is 1. The maximum Gasteiger partial charge on any atom is 0.337 e. The van der Waals surface area contributed by atoms with E-state index >= 15 is 0 Å². The van der Waals surface area contributed by atoms with Crippen LogP contribution in [0, 0.1) is 0 Å². The Hall–Kier alpha value is -3.35. The van der Waals surface area contributed by atoms with Crippen molar-refractivity contribution >= 4 is 23.0 Å². The summed E-state index contributed by atoms with van der Waals surface area (Å²) >= 11 is 0. The molecule has 0 atom stereocenters. The first-order valence-electron chi connectivity index (χ1n) is 7.68. The molecule has 0 aliphatic carbocycles. The van der Waals surface area contributed by atoms with Gasteiger partial charge in [0, 0.05) is 0 Å². The Morgan fingerprint density at radius 1 is 1.08 bits per heavy atom. The van der Waals surface area contributed by atoms with Gasteiger partial charge in [-0.15, -0.1) is 0 Å². The van der Waals surface area contributed by atoms with Gasteiger partial charge in [-0.05, 0) is 36.8 Å². The number of para-hydroxylation sites is 1. The molecule has 3 aromatic rings. The molecule has 25 heavy (non-hydrogen) atoms. The number of imidazole rings is 1. The van der Waals surface area contributed by atoms with Gasteiger partial charge in [0.25, 0.3) is 6.01 Å². The Morgan fingerprint density at radius 3 is 2.40 bits per heavy atom. The molecule has 0 saturated carbocycles. The molecule has 1 aromatic heterocycles. The third-order valence-corrected chi connectivity index (χ3v) is 3.78. The average molecular weight is 340 g/mol. The molecule has 2 aromatic carbocycles. The molecule has 1 heterocycles. The summed E-state index contributed by atoms with van der Waals surface area (Å²) in [6, 6.07) is 11.6. The predicted molar refractivity (Wildman–Crippen MR) is 90.4 cm³/mol. The first-order valence-corrected chi connectivity index (χ1v) is 7.68. The van der Waals surface area contributed by atoms with E-state index in [4.69, 9.17) is 9.84 Å². The maximum absolute atomic E-state index is 11.6. The van der Waals surface area contributed by atoms with Crippen molar-refractivity contribution < 1.29 is 24.5 Å². The summed E-state index contributed by atoms with van der Waals surface area (Å²) in [6.45, 7) is 2.53. The lowest BCUT2D eigenvalue weighted by Crippen LogP contribution is -2.08. The highest BCUT2D eigenvalue weighted by molar-refractivity contribution is 6.01. The number of rotatable bonds is 6. The van der Waals surface area contributed by atoms with Crippen LogP contribution in [0.2, 0.25) is 0 Å². The average Bonchev–Trinajstić information content (AvgIpc) is 2.93. The van der Waals surface area contributed by atoms with E-state index in [0.717, 1.165) is 5.56 Å². The number of ether oxygens (including phenoxy) is 1. The number of carboxylic acids is 2. The molecular weight excluding hydrogens is 324 g/mol. The minimum atomic E-state index is -1.05. The Kier molecular flexibility index (Phi) is 4.38. The van der Waals surface area contributed by atoms with Crippen LogP contribution >= 0.6 is 0 Å². The zero-order valence-electron chi connectivity index (χ0n) is 13.5. The second-order valence-corrected chi connectivity index (χ2v) is 5.39. The van der Waals surface area contributed by atoms with Crippen molar-refractivity contribution in [1.29, 1.82) is 0 Å². The molecule has 0 aliphatic rings. The first kappa shape index (κ1) is 16.5. The third kappa shape index (κ3) is 3.16. The van der Waals surface area contributed by atoms with Gasteiger partial charge in [-0.3, -0.25) is 4.57 Å². The summed E-state index contributed by atoms with van der Waals surface area (Å²) in [4.78, 5) is 26.9. The number of nitrogens with zero attached hydrogens (tertiary/aromatic N) is 2. The number of carbonyl (C=O) groups is 2. The molecule has 3 rings (SSSR count). The van der Waals surface area contributed by atoms with Gasteiger partial charge >= 0.3 is 11.9 Å². The molecule has 7 heteroatoms. The minimum absolute atomic E-state index is 0.137. The lowest BCUT2D eigenvalue weighted by Gasteiger charge is -2.10. The molecular formula is C18H16N2O5. The molecule has 0 fully saturated rings. The topological polar surface area (TPSA) is 102 Å². The highest BCUT2D eigenvalue weighted by atomic mass is 16.5. The molecule has 128 valence electrons. The lowest BCUT2D eigenvalue weighted by molar-refractivity contribution is 0.0686. The largest absolute Gasteiger partial charge is 0.478 e. The standard InChI is InChI=1S/C18H16N2O5/c1-2-25-18-19-14-5-3-4-13(17(23)24)15(14)20(18)10-11-6-8-12(9-7-11)16(21)22/h3-9H,2,10H2,1H3,(H,21,22)(H,23,24). The van der Waals surface area contributed by atoms with Gasteiger partial charge in [0.05, 0.1) is 35.3 Å². The van der Waals surface area contributed by atoms with Crippen LogP contribution in [0.3, 0.4) is 0 Å². The van der Waals surface area contributed by atoms with Crippen molar-refractivity contribution in [3.63, 3.8) is 0 Å². The second kappa shape index (κ2) is 6.64. The number of benzene rings is 2. The van der Waals surface area contributed by atoms with Crippen molar-refractivity contribution in [2.24, 2.45) is 0 Å². The molecule has 0 amide bonds. The summed E-state index contributed by atoms with van der Waals surface area (Å²) in [5, 5.41) is 18.4. The van der Waals surface area contributed by atoms with Gasteiger partial charge in [0.2, 0.25) is 0 Å². The van der Waals surface area contributed by atoms with E-state index in [1.54, 1.807) is 28.8 Å².